The molecule has 1 N–H and O–H groups in total. The highest BCUT2D eigenvalue weighted by molar-refractivity contribution is 5.46. The van der Waals surface area contributed by atoms with E-state index in [0.29, 0.717) is 0 Å². The minimum absolute atomic E-state index is 0.934. The van der Waals surface area contributed by atoms with Gasteiger partial charge in [-0.25, -0.2) is 0 Å². The second-order valence-electron chi connectivity index (χ2n) is 1.39. The second kappa shape index (κ2) is 2.05. The summed E-state index contributed by atoms with van der Waals surface area (Å²) in [5.74, 6) is 0. The highest BCUT2D eigenvalue weighted by Crippen LogP contribution is 2.07. The van der Waals surface area contributed by atoms with Crippen LogP contribution in [0.5, 0.6) is 0 Å². The van der Waals surface area contributed by atoms with Gasteiger partial charge in [-0.05, 0) is 0 Å². The maximum atomic E-state index is 4.71. The van der Waals surface area contributed by atoms with Gasteiger partial charge in [-0.3, -0.25) is 0 Å². The number of hydrogen-bond acceptors (Lipinski definition) is 7. The van der Waals surface area contributed by atoms with Crippen molar-refractivity contribution < 1.29 is 14.5 Å². The van der Waals surface area contributed by atoms with Crippen molar-refractivity contribution in [1.82, 2.24) is 16.2 Å². The molecule has 0 aromatic carbocycles. The lowest BCUT2D eigenvalue weighted by Gasteiger charge is -2.17. The van der Waals surface area contributed by atoms with E-state index in [1.54, 1.807) is 0 Å². The van der Waals surface area contributed by atoms with Gasteiger partial charge in [0.2, 0.25) is 0 Å². The molecule has 10 heavy (non-hydrogen) atoms. The van der Waals surface area contributed by atoms with Gasteiger partial charge in [-0.1, -0.05) is 0 Å². The molecule has 0 aromatic rings. The van der Waals surface area contributed by atoms with Gasteiger partial charge in [0.05, 0.1) is 0 Å². The van der Waals surface area contributed by atoms with Crippen molar-refractivity contribution >= 4 is 6.40 Å². The van der Waals surface area contributed by atoms with Gasteiger partial charge in [0.1, 0.15) is 5.28 Å². The molecule has 0 bridgehead atoms. The predicted molar refractivity (Wildman–Crippen MR) is 26.6 cm³/mol. The number of hydrazone groups is 1. The number of hydrazine groups is 2. The molecule has 0 unspecified atom stereocenters. The smallest absolute Gasteiger partial charge is 0.326 e. The van der Waals surface area contributed by atoms with Gasteiger partial charge >= 0.3 is 6.40 Å². The van der Waals surface area contributed by atoms with Crippen LogP contribution in [0.1, 0.15) is 0 Å². The lowest BCUT2D eigenvalue weighted by atomic mass is 11.1. The Labute approximate surface area is 55.8 Å². The minimum Gasteiger partial charge on any atom is -0.358 e. The predicted octanol–water partition coefficient (Wildman–Crippen LogP) is -0.877. The summed E-state index contributed by atoms with van der Waals surface area (Å²) in [6.07, 6.45) is 4.83. The molecule has 7 nitrogen and oxygen atoms in total. The lowest BCUT2D eigenvalue weighted by molar-refractivity contribution is -0.480. The fourth-order valence-electron chi connectivity index (χ4n) is 0.477. The van der Waals surface area contributed by atoms with Crippen LogP contribution in [0, 0.1) is 0 Å². The molecule has 0 aromatic heterocycles. The maximum Gasteiger partial charge on any atom is 0.326 e. The van der Waals surface area contributed by atoms with Gasteiger partial charge < -0.3 is 14.5 Å². The van der Waals surface area contributed by atoms with E-state index in [9.17, 15) is 0 Å². The molecule has 2 aliphatic heterocycles. The maximum absolute atomic E-state index is 4.71. The third-order valence-corrected chi connectivity index (χ3v) is 0.814. The average Bonchev–Trinajstić information content (AvgIpc) is 2.59. The SMILES string of the molecule is [C]1=NNN(N2OC=CO2)O1. The zero-order chi connectivity index (χ0) is 6.81. The summed E-state index contributed by atoms with van der Waals surface area (Å²) in [4.78, 5) is 14.0. The van der Waals surface area contributed by atoms with Crippen molar-refractivity contribution in [1.29, 1.82) is 0 Å². The molecule has 2 heterocycles. The Bertz CT molecular complexity index is 145. The highest BCUT2D eigenvalue weighted by Gasteiger charge is 2.24. The van der Waals surface area contributed by atoms with Gasteiger partial charge in [-0.15, -0.1) is 5.10 Å². The summed E-state index contributed by atoms with van der Waals surface area (Å²) in [5, 5.41) is 5.32. The van der Waals surface area contributed by atoms with Crippen molar-refractivity contribution in [3.8, 4) is 0 Å². The van der Waals surface area contributed by atoms with E-state index in [2.05, 4.69) is 21.9 Å². The van der Waals surface area contributed by atoms with Crippen molar-refractivity contribution in [2.24, 2.45) is 5.10 Å². The zero-order valence-electron chi connectivity index (χ0n) is 4.72. The van der Waals surface area contributed by atoms with Gasteiger partial charge in [0.25, 0.3) is 0 Å². The summed E-state index contributed by atoms with van der Waals surface area (Å²) in [6.45, 7) is 0. The Morgan fingerprint density at radius 1 is 1.40 bits per heavy atom. The largest absolute Gasteiger partial charge is 0.358 e. The fraction of sp³-hybridized carbons (Fsp3) is 0. The lowest BCUT2D eigenvalue weighted by Crippen LogP contribution is -2.42. The molecule has 0 saturated heterocycles. The Morgan fingerprint density at radius 3 is 2.80 bits per heavy atom. The van der Waals surface area contributed by atoms with Crippen LogP contribution in [0.3, 0.4) is 0 Å². The molecule has 2 aliphatic rings. The molecule has 2 rings (SSSR count). The molecule has 0 atom stereocenters. The van der Waals surface area contributed by atoms with E-state index in [0.717, 1.165) is 10.6 Å². The highest BCUT2D eigenvalue weighted by atomic mass is 17.1. The quantitative estimate of drug-likeness (QED) is 0.514. The van der Waals surface area contributed by atoms with E-state index in [1.165, 1.54) is 12.5 Å². The van der Waals surface area contributed by atoms with E-state index in [1.807, 2.05) is 0 Å². The molecule has 0 amide bonds. The van der Waals surface area contributed by atoms with Crippen LogP contribution < -0.4 is 5.53 Å². The van der Waals surface area contributed by atoms with Crippen LogP contribution in [-0.4, -0.2) is 17.0 Å². The monoisotopic (exact) mass is 143 g/mol. The van der Waals surface area contributed by atoms with Crippen LogP contribution >= 0.6 is 0 Å². The first kappa shape index (κ1) is 5.33. The Balaban J connectivity index is 1.89. The fourth-order valence-corrected chi connectivity index (χ4v) is 0.477. The van der Waals surface area contributed by atoms with E-state index in [-0.39, 0.29) is 0 Å². The molecule has 0 fully saturated rings. The number of rotatable bonds is 1. The third-order valence-electron chi connectivity index (χ3n) is 0.814. The van der Waals surface area contributed by atoms with Gasteiger partial charge in [-0.2, -0.15) is 5.53 Å². The van der Waals surface area contributed by atoms with E-state index in [4.69, 9.17) is 9.68 Å². The molecular weight excluding hydrogens is 140 g/mol. The summed E-state index contributed by atoms with van der Waals surface area (Å²) in [7, 11) is 0. The van der Waals surface area contributed by atoms with Crippen molar-refractivity contribution in [3.63, 3.8) is 0 Å². The van der Waals surface area contributed by atoms with Gasteiger partial charge in [0.15, 0.2) is 17.9 Å². The number of nitrogens with zero attached hydrogens (tertiary/aromatic N) is 3. The topological polar surface area (TPSA) is 58.6 Å². The molecule has 7 heteroatoms. The first-order chi connectivity index (χ1) is 4.97. The Hall–Kier alpha value is -1.47. The Kier molecular flexibility index (Phi) is 1.09. The van der Waals surface area contributed by atoms with E-state index >= 15 is 0 Å². The Morgan fingerprint density at radius 2 is 2.20 bits per heavy atom. The molecule has 1 radical (unpaired) electrons. The summed E-state index contributed by atoms with van der Waals surface area (Å²) >= 11 is 0. The van der Waals surface area contributed by atoms with Crippen LogP contribution in [0.2, 0.25) is 0 Å². The van der Waals surface area contributed by atoms with Gasteiger partial charge in [0, 0.05) is 0 Å². The molecule has 0 aliphatic carbocycles. The first-order valence-corrected chi connectivity index (χ1v) is 2.43. The molecule has 0 spiro atoms. The normalized spacial score (nSPS) is 23.6. The number of hydrogen-bond donors (Lipinski definition) is 1. The molecule has 53 valence electrons. The van der Waals surface area contributed by atoms with Crippen LogP contribution in [0.4, 0.5) is 0 Å². The summed E-state index contributed by atoms with van der Waals surface area (Å²) in [5.41, 5.74) is 2.36. The molecule has 0 saturated carbocycles. The summed E-state index contributed by atoms with van der Waals surface area (Å²) < 4.78 is 0. The van der Waals surface area contributed by atoms with Crippen molar-refractivity contribution in [2.75, 3.05) is 0 Å². The first-order valence-electron chi connectivity index (χ1n) is 2.43. The van der Waals surface area contributed by atoms with Crippen LogP contribution in [0.15, 0.2) is 17.6 Å². The van der Waals surface area contributed by atoms with Crippen molar-refractivity contribution in [3.05, 3.63) is 12.5 Å². The van der Waals surface area contributed by atoms with Crippen LogP contribution in [0.25, 0.3) is 0 Å². The third kappa shape index (κ3) is 0.731. The zero-order valence-corrected chi connectivity index (χ0v) is 4.72. The standard InChI is InChI=1S/C3H3N4O3/c1-2-9-7(8-1)6-5-4-3-10-6/h1-2,5H. The minimum atomic E-state index is 0.934. The van der Waals surface area contributed by atoms with Crippen molar-refractivity contribution in [2.45, 2.75) is 0 Å². The summed E-state index contributed by atoms with van der Waals surface area (Å²) in [6, 6.07) is 0. The average molecular weight is 143 g/mol. The van der Waals surface area contributed by atoms with E-state index < -0.39 is 0 Å². The number of nitrogens with one attached hydrogen (secondary N) is 1. The molecular formula is C3H3N4O3. The second-order valence-corrected chi connectivity index (χ2v) is 1.39. The van der Waals surface area contributed by atoms with Crippen LogP contribution in [-0.2, 0) is 14.5 Å².